The number of esters is 1. The monoisotopic (exact) mass is 366 g/mol. The van der Waals surface area contributed by atoms with Crippen molar-refractivity contribution >= 4 is 5.97 Å². The van der Waals surface area contributed by atoms with E-state index in [1.807, 2.05) is 6.07 Å². The third-order valence-corrected chi connectivity index (χ3v) is 6.24. The van der Waals surface area contributed by atoms with Gasteiger partial charge in [-0.1, -0.05) is 30.3 Å². The minimum absolute atomic E-state index is 0.0918. The molecule has 0 spiro atoms. The maximum absolute atomic E-state index is 12.5. The summed E-state index contributed by atoms with van der Waals surface area (Å²) in [6.45, 7) is 0. The fourth-order valence-corrected chi connectivity index (χ4v) is 5.06. The molecule has 0 aliphatic heterocycles. The number of methoxy groups -OCH3 is 3. The number of benzene rings is 2. The second kappa shape index (κ2) is 7.26. The zero-order valence-corrected chi connectivity index (χ0v) is 16.2. The van der Waals surface area contributed by atoms with Crippen LogP contribution in [-0.2, 0) is 22.4 Å². The van der Waals surface area contributed by atoms with Gasteiger partial charge in [-0.2, -0.15) is 0 Å². The van der Waals surface area contributed by atoms with Crippen molar-refractivity contribution in [1.82, 2.24) is 0 Å². The van der Waals surface area contributed by atoms with Gasteiger partial charge in [0.25, 0.3) is 0 Å². The van der Waals surface area contributed by atoms with Crippen LogP contribution in [0.15, 0.2) is 36.4 Å². The summed E-state index contributed by atoms with van der Waals surface area (Å²) in [5.41, 5.74) is 5.09. The smallest absolute Gasteiger partial charge is 0.309 e. The summed E-state index contributed by atoms with van der Waals surface area (Å²) in [5, 5.41) is 0. The van der Waals surface area contributed by atoms with Crippen LogP contribution in [0.5, 0.6) is 11.5 Å². The Labute approximate surface area is 160 Å². The molecule has 27 heavy (non-hydrogen) atoms. The van der Waals surface area contributed by atoms with Crippen LogP contribution < -0.4 is 9.47 Å². The topological polar surface area (TPSA) is 44.8 Å². The molecule has 0 saturated heterocycles. The van der Waals surface area contributed by atoms with Crippen LogP contribution in [0, 0.1) is 5.92 Å². The molecular formula is C23H26O4. The molecule has 2 aliphatic rings. The standard InChI is InChI=1S/C23H26O4/c1-25-20-13-15-9-10-17(23(24)27-3)18-11-16(14-7-5-4-6-8-14)12-19(21(15)18)22(20)26-2/h4-8,13,16-18H,9-12H2,1-3H3. The van der Waals surface area contributed by atoms with E-state index in [0.29, 0.717) is 5.92 Å². The quantitative estimate of drug-likeness (QED) is 0.759. The van der Waals surface area contributed by atoms with Gasteiger partial charge in [0.05, 0.1) is 27.2 Å². The molecule has 0 aromatic heterocycles. The molecule has 3 unspecified atom stereocenters. The van der Waals surface area contributed by atoms with Crippen LogP contribution in [-0.4, -0.2) is 27.3 Å². The van der Waals surface area contributed by atoms with Crippen molar-refractivity contribution < 1.29 is 19.0 Å². The molecule has 4 rings (SSSR count). The number of hydrogen-bond acceptors (Lipinski definition) is 4. The molecule has 0 fully saturated rings. The van der Waals surface area contributed by atoms with E-state index >= 15 is 0 Å². The van der Waals surface area contributed by atoms with E-state index in [1.165, 1.54) is 29.4 Å². The Kier molecular flexibility index (Phi) is 4.81. The molecule has 0 bridgehead atoms. The van der Waals surface area contributed by atoms with E-state index in [0.717, 1.165) is 37.2 Å². The minimum atomic E-state index is -0.0971. The number of rotatable bonds is 4. The lowest BCUT2D eigenvalue weighted by Crippen LogP contribution is -2.33. The molecule has 0 saturated carbocycles. The maximum Gasteiger partial charge on any atom is 0.309 e. The van der Waals surface area contributed by atoms with E-state index in [-0.39, 0.29) is 17.8 Å². The summed E-state index contributed by atoms with van der Waals surface area (Å²) in [6, 6.07) is 12.7. The molecule has 142 valence electrons. The Morgan fingerprint density at radius 3 is 2.52 bits per heavy atom. The van der Waals surface area contributed by atoms with Gasteiger partial charge < -0.3 is 14.2 Å². The fourth-order valence-electron chi connectivity index (χ4n) is 5.06. The Hall–Kier alpha value is -2.49. The third-order valence-electron chi connectivity index (χ3n) is 6.24. The van der Waals surface area contributed by atoms with Crippen molar-refractivity contribution in [3.05, 3.63) is 58.7 Å². The van der Waals surface area contributed by atoms with Gasteiger partial charge in [0.15, 0.2) is 11.5 Å². The van der Waals surface area contributed by atoms with Crippen LogP contribution in [0.1, 0.15) is 46.9 Å². The highest BCUT2D eigenvalue weighted by atomic mass is 16.5. The number of carbonyl (C=O) groups is 1. The highest BCUT2D eigenvalue weighted by Crippen LogP contribution is 2.53. The van der Waals surface area contributed by atoms with Crippen LogP contribution in [0.3, 0.4) is 0 Å². The largest absolute Gasteiger partial charge is 0.493 e. The second-order valence-electron chi connectivity index (χ2n) is 7.49. The molecular weight excluding hydrogens is 340 g/mol. The fraction of sp³-hybridized carbons (Fsp3) is 0.435. The molecule has 0 radical (unpaired) electrons. The summed E-state index contributed by atoms with van der Waals surface area (Å²) < 4.78 is 16.5. The second-order valence-corrected chi connectivity index (χ2v) is 7.49. The van der Waals surface area contributed by atoms with Crippen LogP contribution in [0.4, 0.5) is 0 Å². The average Bonchev–Trinajstić information content (AvgIpc) is 2.73. The van der Waals surface area contributed by atoms with Crippen molar-refractivity contribution in [2.45, 2.75) is 37.5 Å². The van der Waals surface area contributed by atoms with Crippen molar-refractivity contribution in [3.63, 3.8) is 0 Å². The molecule has 0 amide bonds. The van der Waals surface area contributed by atoms with Gasteiger partial charge in [0.1, 0.15) is 0 Å². The zero-order valence-electron chi connectivity index (χ0n) is 16.2. The average molecular weight is 366 g/mol. The first kappa shape index (κ1) is 17.9. The third kappa shape index (κ3) is 2.97. The molecule has 2 aromatic carbocycles. The number of aryl methyl sites for hydroxylation is 1. The first-order chi connectivity index (χ1) is 13.2. The highest BCUT2D eigenvalue weighted by Gasteiger charge is 2.42. The minimum Gasteiger partial charge on any atom is -0.493 e. The molecule has 4 nitrogen and oxygen atoms in total. The van der Waals surface area contributed by atoms with Crippen LogP contribution >= 0.6 is 0 Å². The SMILES string of the molecule is COC(=O)C1CCc2cc(OC)c(OC)c3c2C1CC(c1ccccc1)C3. The summed E-state index contributed by atoms with van der Waals surface area (Å²) in [6.07, 6.45) is 3.55. The van der Waals surface area contributed by atoms with Gasteiger partial charge in [-0.15, -0.1) is 0 Å². The summed E-state index contributed by atoms with van der Waals surface area (Å²) in [7, 11) is 4.87. The number of hydrogen-bond donors (Lipinski definition) is 0. The van der Waals surface area contributed by atoms with Crippen molar-refractivity contribution in [1.29, 1.82) is 0 Å². The van der Waals surface area contributed by atoms with Gasteiger partial charge in [0.2, 0.25) is 0 Å². The molecule has 4 heteroatoms. The van der Waals surface area contributed by atoms with Gasteiger partial charge in [-0.3, -0.25) is 4.79 Å². The lowest BCUT2D eigenvalue weighted by molar-refractivity contribution is -0.147. The normalized spacial score (nSPS) is 23.3. The Balaban J connectivity index is 1.87. The zero-order chi connectivity index (χ0) is 19.0. The van der Waals surface area contributed by atoms with E-state index in [1.54, 1.807) is 14.2 Å². The molecule has 3 atom stereocenters. The number of ether oxygens (including phenoxy) is 3. The van der Waals surface area contributed by atoms with Crippen molar-refractivity contribution in [2.24, 2.45) is 5.92 Å². The Morgan fingerprint density at radius 1 is 1.07 bits per heavy atom. The van der Waals surface area contributed by atoms with E-state index < -0.39 is 0 Å². The summed E-state index contributed by atoms with van der Waals surface area (Å²) >= 11 is 0. The lowest BCUT2D eigenvalue weighted by Gasteiger charge is -2.41. The van der Waals surface area contributed by atoms with Gasteiger partial charge in [-0.25, -0.2) is 0 Å². The van der Waals surface area contributed by atoms with Gasteiger partial charge in [0, 0.05) is 5.56 Å². The molecule has 0 N–H and O–H groups in total. The summed E-state index contributed by atoms with van der Waals surface area (Å²) in [5.74, 6) is 1.92. The lowest BCUT2D eigenvalue weighted by atomic mass is 9.64. The molecule has 0 heterocycles. The van der Waals surface area contributed by atoms with Crippen LogP contribution in [0.25, 0.3) is 0 Å². The first-order valence-electron chi connectivity index (χ1n) is 9.57. The van der Waals surface area contributed by atoms with Crippen LogP contribution in [0.2, 0.25) is 0 Å². The molecule has 2 aromatic rings. The van der Waals surface area contributed by atoms with E-state index in [9.17, 15) is 4.79 Å². The predicted molar refractivity (Wildman–Crippen MR) is 104 cm³/mol. The van der Waals surface area contributed by atoms with E-state index in [2.05, 4.69) is 30.3 Å². The first-order valence-corrected chi connectivity index (χ1v) is 9.57. The molecule has 2 aliphatic carbocycles. The number of carbonyl (C=O) groups excluding carboxylic acids is 1. The Bertz CT molecular complexity index is 843. The maximum atomic E-state index is 12.5. The Morgan fingerprint density at radius 2 is 1.85 bits per heavy atom. The van der Waals surface area contributed by atoms with Crippen molar-refractivity contribution in [2.75, 3.05) is 21.3 Å². The van der Waals surface area contributed by atoms with E-state index in [4.69, 9.17) is 14.2 Å². The predicted octanol–water partition coefficient (Wildman–Crippen LogP) is 4.25. The van der Waals surface area contributed by atoms with Crippen molar-refractivity contribution in [3.8, 4) is 11.5 Å². The summed E-state index contributed by atoms with van der Waals surface area (Å²) in [4.78, 5) is 12.5. The van der Waals surface area contributed by atoms with Gasteiger partial charge >= 0.3 is 5.97 Å². The van der Waals surface area contributed by atoms with Gasteiger partial charge in [-0.05, 0) is 60.3 Å². The highest BCUT2D eigenvalue weighted by molar-refractivity contribution is 5.75.